The number of benzene rings is 1. The Labute approximate surface area is 147 Å². The van der Waals surface area contributed by atoms with Gasteiger partial charge in [-0.15, -0.1) is 0 Å². The molecule has 0 bridgehead atoms. The van der Waals surface area contributed by atoms with Crippen molar-refractivity contribution < 1.29 is 9.90 Å². The van der Waals surface area contributed by atoms with Gasteiger partial charge in [-0.25, -0.2) is 9.78 Å². The van der Waals surface area contributed by atoms with Crippen LogP contribution in [0.1, 0.15) is 70.8 Å². The van der Waals surface area contributed by atoms with E-state index in [1.165, 1.54) is 24.8 Å². The number of imidazole rings is 1. The number of aromatic carboxylic acids is 1. The summed E-state index contributed by atoms with van der Waals surface area (Å²) in [5.41, 5.74) is 5.78. The standard InChI is InChI=1S/C20H25N3O2/c1-11-12(2)17(13-6-5-7-13)15(10-14(11)20(24)25)18-22-16-8-3-4-9-21-19(16)23-18/h10,13,21H,3-9H2,1-2H3,(H,22,23)(H,24,25). The maximum atomic E-state index is 11.7. The van der Waals surface area contributed by atoms with Crippen molar-refractivity contribution >= 4 is 11.8 Å². The Kier molecular flexibility index (Phi) is 4.02. The number of hydrogen-bond acceptors (Lipinski definition) is 3. The molecule has 2 heterocycles. The molecule has 4 rings (SSSR count). The molecule has 1 aromatic heterocycles. The Bertz CT molecular complexity index is 810. The number of aromatic amines is 1. The fourth-order valence-corrected chi connectivity index (χ4v) is 4.08. The minimum atomic E-state index is -0.867. The lowest BCUT2D eigenvalue weighted by Crippen LogP contribution is -2.15. The molecule has 5 heteroatoms. The molecule has 1 aliphatic carbocycles. The normalized spacial score (nSPS) is 17.4. The van der Waals surface area contributed by atoms with E-state index >= 15 is 0 Å². The first-order chi connectivity index (χ1) is 12.1. The maximum absolute atomic E-state index is 11.7. The van der Waals surface area contributed by atoms with Gasteiger partial charge in [-0.3, -0.25) is 0 Å². The molecule has 132 valence electrons. The number of rotatable bonds is 3. The zero-order valence-corrected chi connectivity index (χ0v) is 14.9. The zero-order valence-electron chi connectivity index (χ0n) is 14.9. The SMILES string of the molecule is Cc1c(C(=O)O)cc(-c2nc3c([nH]2)CCCCN3)c(C2CCC2)c1C. The number of aromatic nitrogens is 2. The summed E-state index contributed by atoms with van der Waals surface area (Å²) >= 11 is 0. The molecule has 0 unspecified atom stereocenters. The van der Waals surface area contributed by atoms with E-state index in [0.717, 1.165) is 59.8 Å². The molecule has 0 atom stereocenters. The van der Waals surface area contributed by atoms with Gasteiger partial charge in [0, 0.05) is 12.1 Å². The Hall–Kier alpha value is -2.30. The fraction of sp³-hybridized carbons (Fsp3) is 0.500. The van der Waals surface area contributed by atoms with Crippen LogP contribution in [0.4, 0.5) is 5.82 Å². The van der Waals surface area contributed by atoms with Crippen molar-refractivity contribution in [3.63, 3.8) is 0 Å². The van der Waals surface area contributed by atoms with Crippen LogP contribution in [0.25, 0.3) is 11.4 Å². The van der Waals surface area contributed by atoms with Gasteiger partial charge >= 0.3 is 5.97 Å². The first-order valence-electron chi connectivity index (χ1n) is 9.26. The average molecular weight is 339 g/mol. The van der Waals surface area contributed by atoms with Gasteiger partial charge in [0.1, 0.15) is 11.6 Å². The van der Waals surface area contributed by atoms with E-state index in [9.17, 15) is 9.90 Å². The van der Waals surface area contributed by atoms with Gasteiger partial charge in [0.05, 0.1) is 11.3 Å². The summed E-state index contributed by atoms with van der Waals surface area (Å²) < 4.78 is 0. The van der Waals surface area contributed by atoms with Gasteiger partial charge in [-0.05, 0) is 74.6 Å². The van der Waals surface area contributed by atoms with Gasteiger partial charge in [-0.2, -0.15) is 0 Å². The van der Waals surface area contributed by atoms with Crippen LogP contribution in [-0.2, 0) is 6.42 Å². The molecular formula is C20H25N3O2. The van der Waals surface area contributed by atoms with Gasteiger partial charge in [0.25, 0.3) is 0 Å². The van der Waals surface area contributed by atoms with Crippen molar-refractivity contribution in [2.45, 2.75) is 58.3 Å². The molecule has 25 heavy (non-hydrogen) atoms. The predicted octanol–water partition coefficient (Wildman–Crippen LogP) is 4.41. The molecule has 1 fully saturated rings. The molecule has 3 N–H and O–H groups in total. The quantitative estimate of drug-likeness (QED) is 0.774. The van der Waals surface area contributed by atoms with Crippen LogP contribution in [0.5, 0.6) is 0 Å². The van der Waals surface area contributed by atoms with Gasteiger partial charge in [0.15, 0.2) is 0 Å². The van der Waals surface area contributed by atoms with E-state index in [4.69, 9.17) is 4.98 Å². The van der Waals surface area contributed by atoms with E-state index in [1.54, 1.807) is 0 Å². The van der Waals surface area contributed by atoms with Gasteiger partial charge in [-0.1, -0.05) is 6.42 Å². The second-order valence-electron chi connectivity index (χ2n) is 7.36. The predicted molar refractivity (Wildman–Crippen MR) is 98.5 cm³/mol. The van der Waals surface area contributed by atoms with Crippen LogP contribution in [0, 0.1) is 13.8 Å². The van der Waals surface area contributed by atoms with Crippen LogP contribution in [0.2, 0.25) is 0 Å². The van der Waals surface area contributed by atoms with E-state index < -0.39 is 5.97 Å². The van der Waals surface area contributed by atoms with Crippen molar-refractivity contribution in [2.24, 2.45) is 0 Å². The number of hydrogen-bond donors (Lipinski definition) is 3. The van der Waals surface area contributed by atoms with E-state index in [0.29, 0.717) is 11.5 Å². The second-order valence-corrected chi connectivity index (χ2v) is 7.36. The third-order valence-corrected chi connectivity index (χ3v) is 5.87. The Morgan fingerprint density at radius 3 is 2.68 bits per heavy atom. The Morgan fingerprint density at radius 1 is 1.20 bits per heavy atom. The molecule has 0 radical (unpaired) electrons. The third kappa shape index (κ3) is 2.71. The van der Waals surface area contributed by atoms with Crippen LogP contribution in [0.15, 0.2) is 6.07 Å². The van der Waals surface area contributed by atoms with Crippen LogP contribution < -0.4 is 5.32 Å². The van der Waals surface area contributed by atoms with Crippen LogP contribution in [-0.4, -0.2) is 27.6 Å². The number of carbonyl (C=O) groups is 1. The highest BCUT2D eigenvalue weighted by Gasteiger charge is 2.29. The van der Waals surface area contributed by atoms with Crippen molar-refractivity contribution in [3.8, 4) is 11.4 Å². The number of nitrogens with one attached hydrogen (secondary N) is 2. The number of anilines is 1. The monoisotopic (exact) mass is 339 g/mol. The van der Waals surface area contributed by atoms with Gasteiger partial charge < -0.3 is 15.4 Å². The molecular weight excluding hydrogens is 314 g/mol. The number of nitrogens with zero attached hydrogens (tertiary/aromatic N) is 1. The Balaban J connectivity index is 1.89. The van der Waals surface area contributed by atoms with E-state index in [1.807, 2.05) is 13.0 Å². The molecule has 0 amide bonds. The van der Waals surface area contributed by atoms with Crippen molar-refractivity contribution in [3.05, 3.63) is 34.0 Å². The number of carboxylic acid groups (broad SMARTS) is 1. The summed E-state index contributed by atoms with van der Waals surface area (Å²) in [6.07, 6.45) is 6.89. The highest BCUT2D eigenvalue weighted by atomic mass is 16.4. The van der Waals surface area contributed by atoms with Crippen LogP contribution in [0.3, 0.4) is 0 Å². The maximum Gasteiger partial charge on any atom is 0.335 e. The second kappa shape index (κ2) is 6.21. The number of H-pyrrole nitrogens is 1. The lowest BCUT2D eigenvalue weighted by Gasteiger charge is -2.30. The highest BCUT2D eigenvalue weighted by Crippen LogP contribution is 2.44. The zero-order chi connectivity index (χ0) is 17.6. The fourth-order valence-electron chi connectivity index (χ4n) is 4.08. The lowest BCUT2D eigenvalue weighted by atomic mass is 9.74. The van der Waals surface area contributed by atoms with Crippen molar-refractivity contribution in [1.82, 2.24) is 9.97 Å². The molecule has 5 nitrogen and oxygen atoms in total. The highest BCUT2D eigenvalue weighted by molar-refractivity contribution is 5.92. The molecule has 0 saturated heterocycles. The molecule has 0 spiro atoms. The summed E-state index contributed by atoms with van der Waals surface area (Å²) in [4.78, 5) is 20.0. The van der Waals surface area contributed by atoms with E-state index in [2.05, 4.69) is 17.2 Å². The van der Waals surface area contributed by atoms with Gasteiger partial charge in [0.2, 0.25) is 0 Å². The first kappa shape index (κ1) is 16.2. The van der Waals surface area contributed by atoms with Crippen molar-refractivity contribution in [1.29, 1.82) is 0 Å². The topological polar surface area (TPSA) is 78.0 Å². The number of carboxylic acids is 1. The van der Waals surface area contributed by atoms with Crippen molar-refractivity contribution in [2.75, 3.05) is 11.9 Å². The minimum Gasteiger partial charge on any atom is -0.478 e. The molecule has 1 saturated carbocycles. The summed E-state index contributed by atoms with van der Waals surface area (Å²) in [5.74, 6) is 1.40. The summed E-state index contributed by atoms with van der Waals surface area (Å²) in [5, 5.41) is 13.0. The number of aryl methyl sites for hydroxylation is 1. The smallest absolute Gasteiger partial charge is 0.335 e. The van der Waals surface area contributed by atoms with Crippen LogP contribution >= 0.6 is 0 Å². The first-order valence-corrected chi connectivity index (χ1v) is 9.26. The molecule has 2 aliphatic rings. The summed E-state index contributed by atoms with van der Waals surface area (Å²) in [6.45, 7) is 4.93. The average Bonchev–Trinajstić information content (AvgIpc) is 2.80. The van der Waals surface area contributed by atoms with E-state index in [-0.39, 0.29) is 0 Å². The largest absolute Gasteiger partial charge is 0.478 e. The third-order valence-electron chi connectivity index (χ3n) is 5.87. The lowest BCUT2D eigenvalue weighted by molar-refractivity contribution is 0.0696. The molecule has 2 aromatic rings. The minimum absolute atomic E-state index is 0.384. The molecule has 1 aromatic carbocycles. The summed E-state index contributed by atoms with van der Waals surface area (Å²) in [6, 6.07) is 1.83. The Morgan fingerprint density at radius 2 is 2.00 bits per heavy atom. The summed E-state index contributed by atoms with van der Waals surface area (Å²) in [7, 11) is 0. The number of fused-ring (bicyclic) bond motifs is 1. The molecule has 1 aliphatic heterocycles.